The third-order valence-electron chi connectivity index (χ3n) is 3.12. The van der Waals surface area contributed by atoms with Gasteiger partial charge in [0, 0.05) is 13.6 Å². The van der Waals surface area contributed by atoms with Gasteiger partial charge in [0.1, 0.15) is 12.1 Å². The fraction of sp³-hybridized carbons (Fsp3) is 0.692. The van der Waals surface area contributed by atoms with E-state index >= 15 is 0 Å². The minimum atomic E-state index is -0.999. The Hall–Kier alpha value is -2.12. The maximum Gasteiger partial charge on any atom is 0.325 e. The van der Waals surface area contributed by atoms with Crippen molar-refractivity contribution in [1.29, 1.82) is 0 Å². The zero-order chi connectivity index (χ0) is 16.2. The number of ether oxygens (including phenoxy) is 1. The number of likely N-dealkylation sites (N-methyl/N-ethyl adjacent to an activating group) is 1. The van der Waals surface area contributed by atoms with Crippen LogP contribution in [0.4, 0.5) is 4.79 Å². The number of hydrogen-bond donors (Lipinski definition) is 1. The van der Waals surface area contributed by atoms with E-state index in [-0.39, 0.29) is 26.1 Å². The van der Waals surface area contributed by atoms with Crippen LogP contribution in [-0.4, -0.2) is 65.9 Å². The van der Waals surface area contributed by atoms with Crippen LogP contribution in [0.5, 0.6) is 0 Å². The number of nitrogens with one attached hydrogen (secondary N) is 1. The van der Waals surface area contributed by atoms with Crippen molar-refractivity contribution in [3.63, 3.8) is 0 Å². The molecule has 4 amide bonds. The first kappa shape index (κ1) is 16.9. The standard InChI is InChI=1S/C13H21N3O5/c1-5-21-10(18)6-7-15(4)9(17)8-16-11(19)13(2,3)14-12(16)20/h5-8H2,1-4H3,(H,14,20). The molecule has 0 atom stereocenters. The first-order valence-corrected chi connectivity index (χ1v) is 6.72. The summed E-state index contributed by atoms with van der Waals surface area (Å²) in [6.45, 7) is 4.96. The topological polar surface area (TPSA) is 96.0 Å². The third-order valence-corrected chi connectivity index (χ3v) is 3.12. The molecule has 1 rings (SSSR count). The van der Waals surface area contributed by atoms with E-state index in [1.807, 2.05) is 0 Å². The van der Waals surface area contributed by atoms with Gasteiger partial charge in [-0.1, -0.05) is 0 Å². The monoisotopic (exact) mass is 299 g/mol. The second-order valence-corrected chi connectivity index (χ2v) is 5.32. The van der Waals surface area contributed by atoms with E-state index in [0.717, 1.165) is 4.90 Å². The molecule has 8 nitrogen and oxygen atoms in total. The molecule has 1 aliphatic rings. The largest absolute Gasteiger partial charge is 0.466 e. The van der Waals surface area contributed by atoms with E-state index < -0.39 is 29.4 Å². The molecule has 1 N–H and O–H groups in total. The van der Waals surface area contributed by atoms with E-state index in [9.17, 15) is 19.2 Å². The number of imide groups is 1. The lowest BCUT2D eigenvalue weighted by molar-refractivity contribution is -0.144. The van der Waals surface area contributed by atoms with E-state index in [1.165, 1.54) is 11.9 Å². The Balaban J connectivity index is 2.51. The molecule has 8 heteroatoms. The van der Waals surface area contributed by atoms with Crippen molar-refractivity contribution in [3.8, 4) is 0 Å². The van der Waals surface area contributed by atoms with E-state index in [1.54, 1.807) is 20.8 Å². The van der Waals surface area contributed by atoms with Gasteiger partial charge < -0.3 is 15.0 Å². The number of carbonyl (C=O) groups is 4. The molecule has 118 valence electrons. The van der Waals surface area contributed by atoms with Gasteiger partial charge in [0.2, 0.25) is 5.91 Å². The van der Waals surface area contributed by atoms with Crippen LogP contribution >= 0.6 is 0 Å². The zero-order valence-corrected chi connectivity index (χ0v) is 12.8. The second kappa shape index (κ2) is 6.55. The van der Waals surface area contributed by atoms with Crippen LogP contribution < -0.4 is 5.32 Å². The molecule has 0 radical (unpaired) electrons. The molecule has 1 saturated heterocycles. The molecule has 0 aromatic heterocycles. The third kappa shape index (κ3) is 4.17. The molecule has 0 aliphatic carbocycles. The fourth-order valence-corrected chi connectivity index (χ4v) is 1.83. The SMILES string of the molecule is CCOC(=O)CCN(C)C(=O)CN1C(=O)NC(C)(C)C1=O. The average molecular weight is 299 g/mol. The summed E-state index contributed by atoms with van der Waals surface area (Å²) >= 11 is 0. The highest BCUT2D eigenvalue weighted by atomic mass is 16.5. The molecule has 1 heterocycles. The number of rotatable bonds is 6. The smallest absolute Gasteiger partial charge is 0.325 e. The predicted molar refractivity (Wildman–Crippen MR) is 73.2 cm³/mol. The second-order valence-electron chi connectivity index (χ2n) is 5.32. The van der Waals surface area contributed by atoms with Crippen molar-refractivity contribution in [2.75, 3.05) is 26.7 Å². The fourth-order valence-electron chi connectivity index (χ4n) is 1.83. The highest BCUT2D eigenvalue weighted by Gasteiger charge is 2.45. The first-order chi connectivity index (χ1) is 9.69. The molecular weight excluding hydrogens is 278 g/mol. The van der Waals surface area contributed by atoms with Gasteiger partial charge in [0.25, 0.3) is 5.91 Å². The maximum atomic E-state index is 12.0. The van der Waals surface area contributed by atoms with E-state index in [2.05, 4.69) is 5.32 Å². The predicted octanol–water partition coefficient (Wildman–Crippen LogP) is -0.272. The Kier molecular flexibility index (Phi) is 5.28. The molecule has 1 aliphatic heterocycles. The quantitative estimate of drug-likeness (QED) is 0.538. The summed E-state index contributed by atoms with van der Waals surface area (Å²) in [4.78, 5) is 49.0. The van der Waals surface area contributed by atoms with Gasteiger partial charge in [-0.15, -0.1) is 0 Å². The Bertz CT molecular complexity index is 461. The number of urea groups is 1. The van der Waals surface area contributed by atoms with Crippen LogP contribution in [0.15, 0.2) is 0 Å². The molecule has 0 unspecified atom stereocenters. The lowest BCUT2D eigenvalue weighted by Crippen LogP contribution is -2.43. The van der Waals surface area contributed by atoms with Gasteiger partial charge in [-0.2, -0.15) is 0 Å². The number of carbonyl (C=O) groups excluding carboxylic acids is 4. The number of amides is 4. The van der Waals surface area contributed by atoms with Gasteiger partial charge in [-0.05, 0) is 20.8 Å². The molecule has 0 aromatic carbocycles. The van der Waals surface area contributed by atoms with Crippen molar-refractivity contribution in [1.82, 2.24) is 15.1 Å². The van der Waals surface area contributed by atoms with Crippen molar-refractivity contribution < 1.29 is 23.9 Å². The van der Waals surface area contributed by atoms with Gasteiger partial charge in [0.05, 0.1) is 13.0 Å². The number of hydrogen-bond acceptors (Lipinski definition) is 5. The Labute approximate surface area is 123 Å². The highest BCUT2D eigenvalue weighted by Crippen LogP contribution is 2.16. The summed E-state index contributed by atoms with van der Waals surface area (Å²) in [5.74, 6) is -1.26. The normalized spacial score (nSPS) is 16.7. The van der Waals surface area contributed by atoms with Gasteiger partial charge in [-0.25, -0.2) is 4.79 Å². The summed E-state index contributed by atoms with van der Waals surface area (Å²) in [5, 5.41) is 2.50. The molecule has 0 aromatic rings. The summed E-state index contributed by atoms with van der Waals surface area (Å²) < 4.78 is 4.76. The molecule has 1 fully saturated rings. The summed E-state index contributed by atoms with van der Waals surface area (Å²) in [6, 6.07) is -0.586. The van der Waals surface area contributed by atoms with Crippen LogP contribution in [0.25, 0.3) is 0 Å². The summed E-state index contributed by atoms with van der Waals surface area (Å²) in [6.07, 6.45) is 0.0711. The number of esters is 1. The Morgan fingerprint density at radius 2 is 1.95 bits per heavy atom. The van der Waals surface area contributed by atoms with Crippen LogP contribution in [-0.2, 0) is 19.1 Å². The van der Waals surface area contributed by atoms with Crippen LogP contribution in [0.1, 0.15) is 27.2 Å². The van der Waals surface area contributed by atoms with Gasteiger partial charge >= 0.3 is 12.0 Å². The first-order valence-electron chi connectivity index (χ1n) is 6.72. The zero-order valence-electron chi connectivity index (χ0n) is 12.8. The molecule has 0 spiro atoms. The van der Waals surface area contributed by atoms with Crippen LogP contribution in [0.2, 0.25) is 0 Å². The molecular formula is C13H21N3O5. The van der Waals surface area contributed by atoms with Crippen molar-refractivity contribution in [2.24, 2.45) is 0 Å². The summed E-state index contributed by atoms with van der Waals surface area (Å²) in [7, 11) is 1.51. The van der Waals surface area contributed by atoms with Crippen LogP contribution in [0.3, 0.4) is 0 Å². The van der Waals surface area contributed by atoms with Crippen LogP contribution in [0, 0.1) is 0 Å². The molecule has 0 bridgehead atoms. The number of nitrogens with zero attached hydrogens (tertiary/aromatic N) is 2. The molecule has 21 heavy (non-hydrogen) atoms. The van der Waals surface area contributed by atoms with Gasteiger partial charge in [-0.3, -0.25) is 19.3 Å². The Morgan fingerprint density at radius 3 is 2.43 bits per heavy atom. The van der Waals surface area contributed by atoms with E-state index in [4.69, 9.17) is 4.74 Å². The molecule has 0 saturated carbocycles. The lowest BCUT2D eigenvalue weighted by atomic mass is 10.1. The summed E-state index contributed by atoms with van der Waals surface area (Å²) in [5.41, 5.74) is -0.999. The van der Waals surface area contributed by atoms with Gasteiger partial charge in [0.15, 0.2) is 0 Å². The highest BCUT2D eigenvalue weighted by molar-refractivity contribution is 6.08. The van der Waals surface area contributed by atoms with Crippen molar-refractivity contribution >= 4 is 23.8 Å². The van der Waals surface area contributed by atoms with E-state index in [0.29, 0.717) is 0 Å². The maximum absolute atomic E-state index is 12.0. The lowest BCUT2D eigenvalue weighted by Gasteiger charge is -2.20. The minimum Gasteiger partial charge on any atom is -0.466 e. The van der Waals surface area contributed by atoms with Crippen molar-refractivity contribution in [3.05, 3.63) is 0 Å². The van der Waals surface area contributed by atoms with Crippen molar-refractivity contribution in [2.45, 2.75) is 32.7 Å². The Morgan fingerprint density at radius 1 is 1.33 bits per heavy atom. The minimum absolute atomic E-state index is 0.0711. The average Bonchev–Trinajstić information content (AvgIpc) is 2.58.